The fraction of sp³-hybridized carbons (Fsp3) is 0.667. The zero-order valence-corrected chi connectivity index (χ0v) is 14.6. The maximum Gasteiger partial charge on any atom is 0.0427 e. The van der Waals surface area contributed by atoms with Crippen LogP contribution in [0.3, 0.4) is 0 Å². The minimum Gasteiger partial charge on any atom is -0.368 e. The molecule has 3 fully saturated rings. The van der Waals surface area contributed by atoms with Crippen LogP contribution in [0.5, 0.6) is 0 Å². The van der Waals surface area contributed by atoms with Crippen molar-refractivity contribution in [2.24, 2.45) is 0 Å². The van der Waals surface area contributed by atoms with Crippen LogP contribution >= 0.6 is 11.6 Å². The number of anilines is 1. The van der Waals surface area contributed by atoms with E-state index in [0.717, 1.165) is 56.9 Å². The van der Waals surface area contributed by atoms with Crippen LogP contribution in [-0.4, -0.2) is 68.2 Å². The summed E-state index contributed by atoms with van der Waals surface area (Å²) in [7, 11) is 0. The number of hydrogen-bond acceptors (Lipinski definition) is 4. The molecule has 0 aliphatic carbocycles. The van der Waals surface area contributed by atoms with Gasteiger partial charge in [-0.3, -0.25) is 9.80 Å². The molecule has 0 bridgehead atoms. The smallest absolute Gasteiger partial charge is 0.0427 e. The lowest BCUT2D eigenvalue weighted by Gasteiger charge is -2.40. The van der Waals surface area contributed by atoms with Crippen molar-refractivity contribution in [3.05, 3.63) is 28.8 Å². The second kappa shape index (κ2) is 6.98. The first kappa shape index (κ1) is 15.7. The van der Waals surface area contributed by atoms with E-state index < -0.39 is 0 Å². The zero-order chi connectivity index (χ0) is 15.6. The van der Waals surface area contributed by atoms with Gasteiger partial charge < -0.3 is 10.2 Å². The van der Waals surface area contributed by atoms with E-state index >= 15 is 0 Å². The normalized spacial score (nSPS) is 26.5. The summed E-state index contributed by atoms with van der Waals surface area (Å²) in [4.78, 5) is 7.79. The van der Waals surface area contributed by atoms with Crippen LogP contribution in [-0.2, 0) is 6.54 Å². The molecule has 0 unspecified atom stereocenters. The van der Waals surface area contributed by atoms with Crippen molar-refractivity contribution in [2.75, 3.05) is 57.3 Å². The van der Waals surface area contributed by atoms with Gasteiger partial charge in [0.05, 0.1) is 0 Å². The van der Waals surface area contributed by atoms with Gasteiger partial charge in [-0.1, -0.05) is 17.7 Å². The maximum atomic E-state index is 6.33. The van der Waals surface area contributed by atoms with Crippen molar-refractivity contribution < 1.29 is 0 Å². The Labute approximate surface area is 144 Å². The predicted octanol–water partition coefficient (Wildman–Crippen LogP) is 2.03. The van der Waals surface area contributed by atoms with Gasteiger partial charge in [0.2, 0.25) is 0 Å². The van der Waals surface area contributed by atoms with Crippen molar-refractivity contribution >= 4 is 17.3 Å². The van der Waals surface area contributed by atoms with E-state index in [4.69, 9.17) is 11.6 Å². The maximum absolute atomic E-state index is 6.33. The third-order valence-electron chi connectivity index (χ3n) is 5.58. The van der Waals surface area contributed by atoms with Gasteiger partial charge in [0.1, 0.15) is 0 Å². The van der Waals surface area contributed by atoms with E-state index in [0.29, 0.717) is 0 Å². The molecule has 4 nitrogen and oxygen atoms in total. The molecule has 3 aliphatic heterocycles. The summed E-state index contributed by atoms with van der Waals surface area (Å²) >= 11 is 6.33. The number of piperazine rings is 2. The number of halogens is 1. The van der Waals surface area contributed by atoms with Crippen LogP contribution in [0.1, 0.15) is 18.4 Å². The largest absolute Gasteiger partial charge is 0.368 e. The van der Waals surface area contributed by atoms with Gasteiger partial charge in [0, 0.05) is 69.1 Å². The SMILES string of the molecule is Clc1ccc(CN2CCNCC2)c(N2CCN3CCC[C@@H]3C2)c1. The third-order valence-corrected chi connectivity index (χ3v) is 5.81. The van der Waals surface area contributed by atoms with Crippen LogP contribution < -0.4 is 10.2 Å². The Hall–Kier alpha value is -0.810. The van der Waals surface area contributed by atoms with E-state index in [9.17, 15) is 0 Å². The molecular weight excluding hydrogens is 308 g/mol. The van der Waals surface area contributed by atoms with Gasteiger partial charge in [-0.25, -0.2) is 0 Å². The Bertz CT molecular complexity index is 544. The zero-order valence-electron chi connectivity index (χ0n) is 13.8. The molecule has 1 aromatic rings. The molecular formula is C18H27ClN4. The molecule has 0 saturated carbocycles. The summed E-state index contributed by atoms with van der Waals surface area (Å²) in [6.45, 7) is 10.3. The van der Waals surface area contributed by atoms with Gasteiger partial charge in [-0.05, 0) is 37.1 Å². The minimum atomic E-state index is 0.745. The van der Waals surface area contributed by atoms with E-state index in [1.165, 1.54) is 37.2 Å². The van der Waals surface area contributed by atoms with Crippen LogP contribution in [0.4, 0.5) is 5.69 Å². The topological polar surface area (TPSA) is 21.8 Å². The minimum absolute atomic E-state index is 0.745. The molecule has 4 rings (SSSR count). The fourth-order valence-corrected chi connectivity index (χ4v) is 4.45. The van der Waals surface area contributed by atoms with E-state index in [1.54, 1.807) is 0 Å². The van der Waals surface area contributed by atoms with Gasteiger partial charge in [0.25, 0.3) is 0 Å². The van der Waals surface area contributed by atoms with Gasteiger partial charge >= 0.3 is 0 Å². The van der Waals surface area contributed by atoms with Crippen molar-refractivity contribution in [1.29, 1.82) is 0 Å². The fourth-order valence-electron chi connectivity index (χ4n) is 4.29. The van der Waals surface area contributed by atoms with E-state index in [-0.39, 0.29) is 0 Å². The Morgan fingerprint density at radius 1 is 1.09 bits per heavy atom. The number of hydrogen-bond donors (Lipinski definition) is 1. The summed E-state index contributed by atoms with van der Waals surface area (Å²) in [5.41, 5.74) is 2.80. The highest BCUT2D eigenvalue weighted by Crippen LogP contribution is 2.30. The quantitative estimate of drug-likeness (QED) is 0.913. The van der Waals surface area contributed by atoms with E-state index in [1.807, 2.05) is 0 Å². The molecule has 0 radical (unpaired) electrons. The molecule has 1 N–H and O–H groups in total. The first-order valence-electron chi connectivity index (χ1n) is 9.00. The molecule has 126 valence electrons. The number of benzene rings is 1. The lowest BCUT2D eigenvalue weighted by atomic mass is 10.1. The first-order chi connectivity index (χ1) is 11.3. The second-order valence-electron chi connectivity index (χ2n) is 7.08. The van der Waals surface area contributed by atoms with Crippen LogP contribution in [0.25, 0.3) is 0 Å². The van der Waals surface area contributed by atoms with E-state index in [2.05, 4.69) is 38.2 Å². The number of nitrogens with one attached hydrogen (secondary N) is 1. The molecule has 5 heteroatoms. The molecule has 3 aliphatic rings. The van der Waals surface area contributed by atoms with Crippen molar-refractivity contribution in [3.63, 3.8) is 0 Å². The average molecular weight is 335 g/mol. The van der Waals surface area contributed by atoms with Crippen LogP contribution in [0, 0.1) is 0 Å². The summed E-state index contributed by atoms with van der Waals surface area (Å²) in [5, 5.41) is 4.29. The van der Waals surface area contributed by atoms with Crippen LogP contribution in [0.15, 0.2) is 18.2 Å². The average Bonchev–Trinajstić information content (AvgIpc) is 3.05. The Morgan fingerprint density at radius 3 is 2.83 bits per heavy atom. The first-order valence-corrected chi connectivity index (χ1v) is 9.38. The monoisotopic (exact) mass is 334 g/mol. The molecule has 0 aromatic heterocycles. The molecule has 0 amide bonds. The highest BCUT2D eigenvalue weighted by Gasteiger charge is 2.31. The number of rotatable bonds is 3. The Balaban J connectivity index is 1.53. The summed E-state index contributed by atoms with van der Waals surface area (Å²) in [6, 6.07) is 7.22. The van der Waals surface area contributed by atoms with Gasteiger partial charge in [0.15, 0.2) is 0 Å². The van der Waals surface area contributed by atoms with Crippen molar-refractivity contribution in [2.45, 2.75) is 25.4 Å². The molecule has 0 spiro atoms. The third kappa shape index (κ3) is 3.50. The highest BCUT2D eigenvalue weighted by atomic mass is 35.5. The molecule has 1 atom stereocenters. The van der Waals surface area contributed by atoms with Gasteiger partial charge in [-0.15, -0.1) is 0 Å². The Kier molecular flexibility index (Phi) is 4.76. The second-order valence-corrected chi connectivity index (χ2v) is 7.51. The molecule has 3 heterocycles. The summed E-state index contributed by atoms with van der Waals surface area (Å²) < 4.78 is 0. The number of nitrogens with zero attached hydrogens (tertiary/aromatic N) is 3. The summed E-state index contributed by atoms with van der Waals surface area (Å²) in [6.07, 6.45) is 2.71. The molecule has 23 heavy (non-hydrogen) atoms. The molecule has 1 aromatic carbocycles. The highest BCUT2D eigenvalue weighted by molar-refractivity contribution is 6.30. The standard InChI is InChI=1S/C18H27ClN4/c19-16-4-3-15(13-21-8-5-20-6-9-21)18(12-16)23-11-10-22-7-1-2-17(22)14-23/h3-4,12,17,20H,1-2,5-11,13-14H2/t17-/m1/s1. The van der Waals surface area contributed by atoms with Crippen molar-refractivity contribution in [1.82, 2.24) is 15.1 Å². The van der Waals surface area contributed by atoms with Crippen LogP contribution in [0.2, 0.25) is 5.02 Å². The number of fused-ring (bicyclic) bond motifs is 1. The Morgan fingerprint density at radius 2 is 1.96 bits per heavy atom. The lowest BCUT2D eigenvalue weighted by molar-refractivity contribution is 0.226. The molecule has 3 saturated heterocycles. The van der Waals surface area contributed by atoms with Gasteiger partial charge in [-0.2, -0.15) is 0 Å². The predicted molar refractivity (Wildman–Crippen MR) is 96.4 cm³/mol. The summed E-state index contributed by atoms with van der Waals surface area (Å²) in [5.74, 6) is 0. The van der Waals surface area contributed by atoms with Crippen molar-refractivity contribution in [3.8, 4) is 0 Å². The lowest BCUT2D eigenvalue weighted by Crippen LogP contribution is -2.50.